The van der Waals surface area contributed by atoms with Gasteiger partial charge in [0.25, 0.3) is 0 Å². The Morgan fingerprint density at radius 2 is 1.18 bits per heavy atom. The topological polar surface area (TPSA) is 3.24 Å². The molecule has 1 heteroatoms. The van der Waals surface area contributed by atoms with Crippen LogP contribution >= 0.6 is 0 Å². The van der Waals surface area contributed by atoms with Gasteiger partial charge in [-0.15, -0.1) is 0 Å². The second-order valence-electron chi connectivity index (χ2n) is 17.5. The maximum Gasteiger partial charge on any atom is 0.0467 e. The van der Waals surface area contributed by atoms with Gasteiger partial charge >= 0.3 is 0 Å². The van der Waals surface area contributed by atoms with Crippen LogP contribution in [0.5, 0.6) is 0 Å². The van der Waals surface area contributed by atoms with Crippen molar-refractivity contribution in [3.8, 4) is 22.3 Å². The first kappa shape index (κ1) is 30.0. The van der Waals surface area contributed by atoms with E-state index < -0.39 is 0 Å². The molecule has 0 radical (unpaired) electrons. The van der Waals surface area contributed by atoms with E-state index in [1.54, 1.807) is 16.7 Å². The molecule has 4 saturated carbocycles. The van der Waals surface area contributed by atoms with E-state index in [1.165, 1.54) is 88.1 Å². The Balaban J connectivity index is 1.11. The molecule has 1 nitrogen and oxygen atoms in total. The van der Waals surface area contributed by atoms with E-state index in [2.05, 4.69) is 153 Å². The lowest BCUT2D eigenvalue weighted by molar-refractivity contribution is -0.0399. The molecular formula is C50H47N. The smallest absolute Gasteiger partial charge is 0.0467 e. The fourth-order valence-corrected chi connectivity index (χ4v) is 12.5. The van der Waals surface area contributed by atoms with Crippen molar-refractivity contribution in [3.05, 3.63) is 155 Å². The van der Waals surface area contributed by atoms with Gasteiger partial charge < -0.3 is 4.90 Å². The Labute approximate surface area is 303 Å². The lowest BCUT2D eigenvalue weighted by atomic mass is 9.43. The number of nitrogens with zero attached hydrogens (tertiary/aromatic N) is 1. The van der Waals surface area contributed by atoms with E-state index >= 15 is 0 Å². The van der Waals surface area contributed by atoms with Crippen molar-refractivity contribution >= 4 is 22.6 Å². The van der Waals surface area contributed by atoms with Crippen molar-refractivity contribution in [1.82, 2.24) is 0 Å². The van der Waals surface area contributed by atoms with Crippen LogP contribution in [0.4, 0.5) is 17.1 Å². The maximum atomic E-state index is 2.65. The van der Waals surface area contributed by atoms with E-state index in [0.717, 1.165) is 30.1 Å². The minimum Gasteiger partial charge on any atom is -0.310 e. The SMILES string of the molecule is CC1C=CC2=C(C1)c1ccc(N(c3cccc(-c4ccccc4)c3)c3ccc4c(c3)C3(c5ccccc5-4)C4CC5CC(C4)CC3C5)cc1C2(C)C. The fourth-order valence-electron chi connectivity index (χ4n) is 12.5. The molecule has 7 aliphatic carbocycles. The average molecular weight is 662 g/mol. The van der Waals surface area contributed by atoms with Gasteiger partial charge in [0.05, 0.1) is 0 Å². The number of hydrogen-bond donors (Lipinski definition) is 0. The summed E-state index contributed by atoms with van der Waals surface area (Å²) in [6.45, 7) is 7.21. The molecule has 0 aromatic heterocycles. The van der Waals surface area contributed by atoms with Crippen LogP contribution in [0.1, 0.15) is 81.5 Å². The Hall–Kier alpha value is -4.62. The average Bonchev–Trinajstić information content (AvgIpc) is 3.56. The molecule has 12 rings (SSSR count). The normalized spacial score (nSPS) is 28.5. The largest absolute Gasteiger partial charge is 0.310 e. The molecule has 0 saturated heterocycles. The molecular weight excluding hydrogens is 615 g/mol. The molecule has 51 heavy (non-hydrogen) atoms. The molecule has 1 unspecified atom stereocenters. The first-order valence-corrected chi connectivity index (χ1v) is 19.7. The van der Waals surface area contributed by atoms with Gasteiger partial charge in [-0.2, -0.15) is 0 Å². The van der Waals surface area contributed by atoms with Crippen molar-refractivity contribution in [1.29, 1.82) is 0 Å². The second kappa shape index (κ2) is 10.7. The Bertz CT molecular complexity index is 2270. The first-order chi connectivity index (χ1) is 24.9. The molecule has 0 N–H and O–H groups in total. The molecule has 7 aliphatic rings. The number of allylic oxidation sites excluding steroid dienone is 4. The highest BCUT2D eigenvalue weighted by molar-refractivity contribution is 5.89. The lowest BCUT2D eigenvalue weighted by Crippen LogP contribution is -2.55. The second-order valence-corrected chi connectivity index (χ2v) is 17.5. The van der Waals surface area contributed by atoms with Gasteiger partial charge in [-0.05, 0) is 160 Å². The van der Waals surface area contributed by atoms with Crippen LogP contribution in [0.3, 0.4) is 0 Å². The summed E-state index contributed by atoms with van der Waals surface area (Å²) in [4.78, 5) is 2.58. The lowest BCUT2D eigenvalue weighted by Gasteiger charge is -2.61. The summed E-state index contributed by atoms with van der Waals surface area (Å²) in [6, 6.07) is 44.5. The van der Waals surface area contributed by atoms with E-state index in [-0.39, 0.29) is 10.8 Å². The van der Waals surface area contributed by atoms with Crippen LogP contribution in [0.15, 0.2) is 133 Å². The van der Waals surface area contributed by atoms with Gasteiger partial charge in [0.1, 0.15) is 0 Å². The summed E-state index contributed by atoms with van der Waals surface area (Å²) in [5.74, 6) is 3.93. The van der Waals surface area contributed by atoms with Crippen molar-refractivity contribution in [2.24, 2.45) is 29.6 Å². The number of benzene rings is 5. The Kier molecular flexibility index (Phi) is 6.31. The van der Waals surface area contributed by atoms with E-state index in [0.29, 0.717) is 5.92 Å². The molecule has 1 atom stereocenters. The predicted octanol–water partition coefficient (Wildman–Crippen LogP) is 13.2. The van der Waals surface area contributed by atoms with Gasteiger partial charge in [-0.25, -0.2) is 0 Å². The highest BCUT2D eigenvalue weighted by Gasteiger charge is 2.61. The molecule has 0 aliphatic heterocycles. The maximum absolute atomic E-state index is 2.65. The van der Waals surface area contributed by atoms with Crippen LogP contribution in [0.25, 0.3) is 27.8 Å². The zero-order valence-corrected chi connectivity index (χ0v) is 30.2. The van der Waals surface area contributed by atoms with Crippen LogP contribution in [0, 0.1) is 29.6 Å². The van der Waals surface area contributed by atoms with Crippen molar-refractivity contribution in [2.75, 3.05) is 4.90 Å². The van der Waals surface area contributed by atoms with Crippen molar-refractivity contribution in [2.45, 2.75) is 70.1 Å². The zero-order chi connectivity index (χ0) is 34.1. The molecule has 0 amide bonds. The van der Waals surface area contributed by atoms with E-state index in [9.17, 15) is 0 Å². The first-order valence-electron chi connectivity index (χ1n) is 19.7. The molecule has 5 aromatic rings. The third-order valence-corrected chi connectivity index (χ3v) is 14.4. The number of fused-ring (bicyclic) bond motifs is 5. The number of hydrogen-bond acceptors (Lipinski definition) is 1. The highest BCUT2D eigenvalue weighted by Crippen LogP contribution is 2.69. The van der Waals surface area contributed by atoms with Crippen LogP contribution in [-0.2, 0) is 10.8 Å². The number of rotatable bonds is 4. The van der Waals surface area contributed by atoms with Gasteiger partial charge in [0.2, 0.25) is 0 Å². The predicted molar refractivity (Wildman–Crippen MR) is 213 cm³/mol. The van der Waals surface area contributed by atoms with Gasteiger partial charge in [0.15, 0.2) is 0 Å². The van der Waals surface area contributed by atoms with Gasteiger partial charge in [-0.1, -0.05) is 112 Å². The quantitative estimate of drug-likeness (QED) is 0.185. The fraction of sp³-hybridized carbons (Fsp3) is 0.320. The summed E-state index contributed by atoms with van der Waals surface area (Å²) < 4.78 is 0. The molecule has 4 bridgehead atoms. The van der Waals surface area contributed by atoms with Crippen LogP contribution in [0.2, 0.25) is 0 Å². The monoisotopic (exact) mass is 661 g/mol. The van der Waals surface area contributed by atoms with E-state index in [1.807, 2.05) is 0 Å². The summed E-state index contributed by atoms with van der Waals surface area (Å²) >= 11 is 0. The van der Waals surface area contributed by atoms with E-state index in [4.69, 9.17) is 0 Å². The highest BCUT2D eigenvalue weighted by atomic mass is 15.1. The van der Waals surface area contributed by atoms with Crippen LogP contribution < -0.4 is 4.90 Å². The molecule has 0 heterocycles. The van der Waals surface area contributed by atoms with Crippen molar-refractivity contribution in [3.63, 3.8) is 0 Å². The third-order valence-electron chi connectivity index (χ3n) is 14.4. The zero-order valence-electron chi connectivity index (χ0n) is 30.2. The number of anilines is 3. The summed E-state index contributed by atoms with van der Waals surface area (Å²) in [5.41, 5.74) is 18.5. The minimum atomic E-state index is -0.0289. The molecule has 1 spiro atoms. The standard InChI is InChI=1S/C50H47N/c1-31-16-21-45-44(22-31)43-20-18-39(29-47(43)49(45,2)3)51(38-13-9-12-35(28-38)34-10-5-4-6-11-34)40-17-19-42-41-14-7-8-15-46(41)50(48(42)30-40)36-24-32-23-33(26-36)27-37(50)25-32/h4-21,28-33,36-37H,22-27H2,1-3H3. The molecule has 4 fully saturated rings. The summed E-state index contributed by atoms with van der Waals surface area (Å²) in [5, 5.41) is 0. The van der Waals surface area contributed by atoms with Crippen LogP contribution in [-0.4, -0.2) is 0 Å². The van der Waals surface area contributed by atoms with Gasteiger partial charge in [0, 0.05) is 27.9 Å². The minimum absolute atomic E-state index is 0.0289. The Morgan fingerprint density at radius 3 is 1.94 bits per heavy atom. The van der Waals surface area contributed by atoms with Crippen molar-refractivity contribution < 1.29 is 0 Å². The molecule has 252 valence electrons. The summed E-state index contributed by atoms with van der Waals surface area (Å²) in [6.07, 6.45) is 13.0. The third kappa shape index (κ3) is 4.15. The van der Waals surface area contributed by atoms with Gasteiger partial charge in [-0.3, -0.25) is 0 Å². The molecule has 5 aromatic carbocycles. The Morgan fingerprint density at radius 1 is 0.549 bits per heavy atom. The summed E-state index contributed by atoms with van der Waals surface area (Å²) in [7, 11) is 0.